The van der Waals surface area contributed by atoms with Gasteiger partial charge >= 0.3 is 0 Å². The fourth-order valence-electron chi connectivity index (χ4n) is 1.55. The van der Waals surface area contributed by atoms with Gasteiger partial charge in [0.1, 0.15) is 0 Å². The monoisotopic (exact) mass is 232 g/mol. The van der Waals surface area contributed by atoms with Crippen molar-refractivity contribution in [3.63, 3.8) is 0 Å². The average molecular weight is 232 g/mol. The van der Waals surface area contributed by atoms with E-state index in [0.29, 0.717) is 0 Å². The van der Waals surface area contributed by atoms with E-state index in [2.05, 4.69) is 4.98 Å². The molecule has 0 unspecified atom stereocenters. The molecular formula is C11H8N2O4. The number of nitrogens with zero attached hydrogens (tertiary/aromatic N) is 1. The number of pyridine rings is 1. The lowest BCUT2D eigenvalue weighted by molar-refractivity contribution is -0.384. The van der Waals surface area contributed by atoms with Crippen LogP contribution in [0.25, 0.3) is 11.1 Å². The van der Waals surface area contributed by atoms with Crippen LogP contribution < -0.4 is 5.56 Å². The van der Waals surface area contributed by atoms with Gasteiger partial charge in [-0.3, -0.25) is 14.9 Å². The number of nitrogens with one attached hydrogen (secondary N) is 1. The van der Waals surface area contributed by atoms with E-state index in [-0.39, 0.29) is 16.8 Å². The van der Waals surface area contributed by atoms with Crippen molar-refractivity contribution >= 4 is 5.69 Å². The molecule has 0 aliphatic rings. The van der Waals surface area contributed by atoms with Gasteiger partial charge in [-0.15, -0.1) is 0 Å². The minimum atomic E-state index is -0.680. The second-order valence-corrected chi connectivity index (χ2v) is 3.34. The zero-order chi connectivity index (χ0) is 12.4. The Kier molecular flexibility index (Phi) is 2.61. The van der Waals surface area contributed by atoms with E-state index in [4.69, 9.17) is 0 Å². The van der Waals surface area contributed by atoms with Crippen molar-refractivity contribution in [3.05, 3.63) is 57.0 Å². The van der Waals surface area contributed by atoms with Gasteiger partial charge in [0.2, 0.25) is 0 Å². The van der Waals surface area contributed by atoms with Crippen LogP contribution in [0, 0.1) is 10.1 Å². The summed E-state index contributed by atoms with van der Waals surface area (Å²) in [6.45, 7) is 0. The highest BCUT2D eigenvalue weighted by molar-refractivity contribution is 5.77. The third kappa shape index (κ3) is 1.87. The molecule has 0 bridgehead atoms. The first-order valence-corrected chi connectivity index (χ1v) is 4.75. The van der Waals surface area contributed by atoms with Crippen LogP contribution in [0.1, 0.15) is 0 Å². The van der Waals surface area contributed by atoms with Gasteiger partial charge < -0.3 is 10.1 Å². The molecule has 17 heavy (non-hydrogen) atoms. The number of para-hydroxylation sites is 1. The molecular weight excluding hydrogens is 224 g/mol. The number of hydrogen-bond acceptors (Lipinski definition) is 4. The van der Waals surface area contributed by atoms with Crippen LogP contribution in [0.4, 0.5) is 5.69 Å². The first kappa shape index (κ1) is 10.9. The van der Waals surface area contributed by atoms with Crippen molar-refractivity contribution in [1.82, 2.24) is 4.98 Å². The highest BCUT2D eigenvalue weighted by Crippen LogP contribution is 2.32. The third-order valence-electron chi connectivity index (χ3n) is 2.33. The van der Waals surface area contributed by atoms with E-state index in [0.717, 1.165) is 0 Å². The Balaban J connectivity index is 2.73. The molecule has 2 aromatic rings. The summed E-state index contributed by atoms with van der Waals surface area (Å²) in [7, 11) is 0. The summed E-state index contributed by atoms with van der Waals surface area (Å²) in [5.41, 5.74) is -0.490. The van der Waals surface area contributed by atoms with Crippen molar-refractivity contribution < 1.29 is 10.0 Å². The summed E-state index contributed by atoms with van der Waals surface area (Å²) in [5.74, 6) is -0.526. The predicted octanol–water partition coefficient (Wildman–Crippen LogP) is 1.66. The van der Waals surface area contributed by atoms with E-state index in [1.54, 1.807) is 6.07 Å². The normalized spacial score (nSPS) is 10.1. The van der Waals surface area contributed by atoms with Gasteiger partial charge in [-0.05, 0) is 12.1 Å². The second kappa shape index (κ2) is 4.09. The maximum atomic E-state index is 11.2. The van der Waals surface area contributed by atoms with E-state index in [1.807, 2.05) is 0 Å². The summed E-state index contributed by atoms with van der Waals surface area (Å²) in [4.78, 5) is 23.8. The van der Waals surface area contributed by atoms with E-state index in [9.17, 15) is 20.0 Å². The van der Waals surface area contributed by atoms with Gasteiger partial charge in [0.25, 0.3) is 11.2 Å². The van der Waals surface area contributed by atoms with Gasteiger partial charge in [-0.1, -0.05) is 12.1 Å². The molecule has 0 fully saturated rings. The largest absolute Gasteiger partial charge is 0.503 e. The number of aromatic nitrogens is 1. The highest BCUT2D eigenvalue weighted by atomic mass is 16.6. The van der Waals surface area contributed by atoms with E-state index < -0.39 is 16.2 Å². The summed E-state index contributed by atoms with van der Waals surface area (Å²) >= 11 is 0. The standard InChI is InChI=1S/C11H8N2O4/c14-10-8(5-6-12-11(10)15)7-3-1-2-4-9(7)13(16)17/h1-6,14H,(H,12,15). The molecule has 1 heterocycles. The lowest BCUT2D eigenvalue weighted by Crippen LogP contribution is -2.05. The lowest BCUT2D eigenvalue weighted by Gasteiger charge is -2.04. The minimum absolute atomic E-state index is 0.140. The molecule has 0 radical (unpaired) electrons. The molecule has 1 aromatic heterocycles. The molecule has 0 amide bonds. The SMILES string of the molecule is O=c1[nH]ccc(-c2ccccc2[N+](=O)[O-])c1O. The second-order valence-electron chi connectivity index (χ2n) is 3.34. The number of hydrogen-bond donors (Lipinski definition) is 2. The minimum Gasteiger partial charge on any atom is -0.503 e. The first-order chi connectivity index (χ1) is 8.11. The quantitative estimate of drug-likeness (QED) is 0.607. The molecule has 86 valence electrons. The van der Waals surface area contributed by atoms with Crippen LogP contribution >= 0.6 is 0 Å². The van der Waals surface area contributed by atoms with Crippen molar-refractivity contribution in [2.75, 3.05) is 0 Å². The third-order valence-corrected chi connectivity index (χ3v) is 2.33. The number of H-pyrrole nitrogens is 1. The van der Waals surface area contributed by atoms with Gasteiger partial charge in [0.15, 0.2) is 5.75 Å². The zero-order valence-electron chi connectivity index (χ0n) is 8.58. The summed E-state index contributed by atoms with van der Waals surface area (Å²) < 4.78 is 0. The Morgan fingerprint density at radius 2 is 1.88 bits per heavy atom. The number of aromatic hydroxyl groups is 1. The maximum absolute atomic E-state index is 11.2. The lowest BCUT2D eigenvalue weighted by atomic mass is 10.0. The molecule has 0 spiro atoms. The van der Waals surface area contributed by atoms with Crippen LogP contribution in [0.3, 0.4) is 0 Å². The predicted molar refractivity (Wildman–Crippen MR) is 60.8 cm³/mol. The Morgan fingerprint density at radius 3 is 2.59 bits per heavy atom. The van der Waals surface area contributed by atoms with Crippen LogP contribution in [-0.2, 0) is 0 Å². The Hall–Kier alpha value is -2.63. The highest BCUT2D eigenvalue weighted by Gasteiger charge is 2.17. The molecule has 0 atom stereocenters. The van der Waals surface area contributed by atoms with Crippen molar-refractivity contribution in [2.24, 2.45) is 0 Å². The summed E-state index contributed by atoms with van der Waals surface area (Å²) in [5, 5.41) is 20.4. The van der Waals surface area contributed by atoms with Crippen molar-refractivity contribution in [3.8, 4) is 16.9 Å². The fourth-order valence-corrected chi connectivity index (χ4v) is 1.55. The van der Waals surface area contributed by atoms with Crippen LogP contribution in [0.5, 0.6) is 5.75 Å². The number of nitro benzene ring substituents is 1. The molecule has 2 rings (SSSR count). The molecule has 0 saturated heterocycles. The van der Waals surface area contributed by atoms with E-state index in [1.165, 1.54) is 30.5 Å². The van der Waals surface area contributed by atoms with Gasteiger partial charge in [-0.25, -0.2) is 0 Å². The molecule has 0 aliphatic carbocycles. The molecule has 0 aliphatic heterocycles. The van der Waals surface area contributed by atoms with Crippen LogP contribution in [0.15, 0.2) is 41.3 Å². The zero-order valence-corrected chi connectivity index (χ0v) is 8.58. The fraction of sp³-hybridized carbons (Fsp3) is 0. The first-order valence-electron chi connectivity index (χ1n) is 4.75. The molecule has 1 aromatic carbocycles. The van der Waals surface area contributed by atoms with E-state index >= 15 is 0 Å². The van der Waals surface area contributed by atoms with Gasteiger partial charge in [0.05, 0.1) is 10.5 Å². The number of nitro groups is 1. The van der Waals surface area contributed by atoms with Crippen LogP contribution in [0.2, 0.25) is 0 Å². The topological polar surface area (TPSA) is 96.2 Å². The number of aromatic amines is 1. The maximum Gasteiger partial charge on any atom is 0.290 e. The molecule has 0 saturated carbocycles. The van der Waals surface area contributed by atoms with Gasteiger partial charge in [-0.2, -0.15) is 0 Å². The van der Waals surface area contributed by atoms with Gasteiger partial charge in [0, 0.05) is 17.8 Å². The molecule has 6 heteroatoms. The average Bonchev–Trinajstić information content (AvgIpc) is 2.33. The molecule has 6 nitrogen and oxygen atoms in total. The van der Waals surface area contributed by atoms with Crippen LogP contribution in [-0.4, -0.2) is 15.0 Å². The number of benzene rings is 1. The van der Waals surface area contributed by atoms with Crippen molar-refractivity contribution in [2.45, 2.75) is 0 Å². The van der Waals surface area contributed by atoms with Crippen molar-refractivity contribution in [1.29, 1.82) is 0 Å². The summed E-state index contributed by atoms with van der Waals surface area (Å²) in [6.07, 6.45) is 1.33. The molecule has 2 N–H and O–H groups in total. The smallest absolute Gasteiger partial charge is 0.290 e. The number of rotatable bonds is 2. The summed E-state index contributed by atoms with van der Waals surface area (Å²) in [6, 6.07) is 7.33. The Bertz CT molecular complexity index is 633. The Morgan fingerprint density at radius 1 is 1.18 bits per heavy atom. The Labute approximate surface area is 95.3 Å².